The topological polar surface area (TPSA) is 73.9 Å². The van der Waals surface area contributed by atoms with Gasteiger partial charge in [0.2, 0.25) is 5.91 Å². The summed E-state index contributed by atoms with van der Waals surface area (Å²) in [4.78, 5) is 18.6. The lowest BCUT2D eigenvalue weighted by atomic mass is 10.0. The Balaban J connectivity index is 0.00000121. The Labute approximate surface area is 141 Å². The SMILES string of the molecule is Cl.Cl.O=C(Cc1ccn[nH]1)N1CCNCC1c1cccnc1. The van der Waals surface area contributed by atoms with E-state index in [0.717, 1.165) is 24.3 Å². The van der Waals surface area contributed by atoms with Crippen LogP contribution in [0.25, 0.3) is 0 Å². The van der Waals surface area contributed by atoms with Crippen molar-refractivity contribution in [2.75, 3.05) is 19.6 Å². The molecule has 2 aromatic rings. The molecule has 1 saturated heterocycles. The first-order chi connectivity index (χ1) is 9.84. The smallest absolute Gasteiger partial charge is 0.229 e. The third-order valence-electron chi connectivity index (χ3n) is 3.53. The van der Waals surface area contributed by atoms with Crippen molar-refractivity contribution in [3.05, 3.63) is 48.0 Å². The molecule has 1 amide bonds. The van der Waals surface area contributed by atoms with Gasteiger partial charge in [0.15, 0.2) is 0 Å². The number of hydrogen-bond donors (Lipinski definition) is 2. The molecule has 2 aromatic heterocycles. The quantitative estimate of drug-likeness (QED) is 0.882. The molecular weight excluding hydrogens is 325 g/mol. The molecule has 1 aliphatic rings. The second-order valence-electron chi connectivity index (χ2n) is 4.85. The number of piperazine rings is 1. The molecule has 0 radical (unpaired) electrons. The molecule has 120 valence electrons. The van der Waals surface area contributed by atoms with Gasteiger partial charge in [-0.3, -0.25) is 14.9 Å². The summed E-state index contributed by atoms with van der Waals surface area (Å²) in [5.74, 6) is 0.115. The van der Waals surface area contributed by atoms with Crippen LogP contribution in [0.5, 0.6) is 0 Å². The van der Waals surface area contributed by atoms with Crippen LogP contribution in [0.4, 0.5) is 0 Å². The van der Waals surface area contributed by atoms with Gasteiger partial charge in [-0.1, -0.05) is 6.07 Å². The zero-order valence-electron chi connectivity index (χ0n) is 11.9. The van der Waals surface area contributed by atoms with Gasteiger partial charge >= 0.3 is 0 Å². The van der Waals surface area contributed by atoms with Gasteiger partial charge < -0.3 is 10.2 Å². The average Bonchev–Trinajstić information content (AvgIpc) is 3.01. The third-order valence-corrected chi connectivity index (χ3v) is 3.53. The summed E-state index contributed by atoms with van der Waals surface area (Å²) >= 11 is 0. The molecule has 3 rings (SSSR count). The van der Waals surface area contributed by atoms with Crippen LogP contribution in [0.15, 0.2) is 36.8 Å². The Bertz CT molecular complexity index is 564. The van der Waals surface area contributed by atoms with E-state index in [1.165, 1.54) is 0 Å². The number of amides is 1. The van der Waals surface area contributed by atoms with Gasteiger partial charge in [-0.15, -0.1) is 24.8 Å². The number of aromatic nitrogens is 3. The lowest BCUT2D eigenvalue weighted by Crippen LogP contribution is -2.49. The maximum Gasteiger partial charge on any atom is 0.229 e. The summed E-state index contributed by atoms with van der Waals surface area (Å²) < 4.78 is 0. The maximum absolute atomic E-state index is 12.5. The zero-order chi connectivity index (χ0) is 13.8. The van der Waals surface area contributed by atoms with Crippen molar-refractivity contribution in [2.24, 2.45) is 0 Å². The average molecular weight is 344 g/mol. The van der Waals surface area contributed by atoms with Crippen molar-refractivity contribution in [3.8, 4) is 0 Å². The fourth-order valence-corrected chi connectivity index (χ4v) is 2.52. The lowest BCUT2D eigenvalue weighted by Gasteiger charge is -2.36. The number of carbonyl (C=O) groups is 1. The van der Waals surface area contributed by atoms with Crippen LogP contribution in [-0.4, -0.2) is 45.6 Å². The number of rotatable bonds is 3. The Hall–Kier alpha value is -1.63. The van der Waals surface area contributed by atoms with E-state index in [1.54, 1.807) is 12.4 Å². The number of pyridine rings is 1. The zero-order valence-corrected chi connectivity index (χ0v) is 13.6. The van der Waals surface area contributed by atoms with E-state index in [2.05, 4.69) is 20.5 Å². The molecule has 2 N–H and O–H groups in total. The highest BCUT2D eigenvalue weighted by Gasteiger charge is 2.27. The lowest BCUT2D eigenvalue weighted by molar-refractivity contribution is -0.133. The molecule has 0 bridgehead atoms. The number of halogens is 2. The van der Waals surface area contributed by atoms with Crippen molar-refractivity contribution in [1.82, 2.24) is 25.4 Å². The number of hydrogen-bond acceptors (Lipinski definition) is 4. The van der Waals surface area contributed by atoms with E-state index in [-0.39, 0.29) is 36.8 Å². The number of aromatic amines is 1. The molecule has 0 aliphatic carbocycles. The van der Waals surface area contributed by atoms with Crippen LogP contribution in [0.1, 0.15) is 17.3 Å². The molecule has 8 heteroatoms. The molecule has 0 saturated carbocycles. The van der Waals surface area contributed by atoms with Gasteiger partial charge in [-0.25, -0.2) is 0 Å². The van der Waals surface area contributed by atoms with Gasteiger partial charge in [0, 0.05) is 43.9 Å². The van der Waals surface area contributed by atoms with Crippen molar-refractivity contribution in [2.45, 2.75) is 12.5 Å². The van der Waals surface area contributed by atoms with Crippen LogP contribution in [0.2, 0.25) is 0 Å². The maximum atomic E-state index is 12.5. The van der Waals surface area contributed by atoms with E-state index >= 15 is 0 Å². The second-order valence-corrected chi connectivity index (χ2v) is 4.85. The minimum atomic E-state index is 0. The summed E-state index contributed by atoms with van der Waals surface area (Å²) in [7, 11) is 0. The van der Waals surface area contributed by atoms with E-state index in [0.29, 0.717) is 13.0 Å². The van der Waals surface area contributed by atoms with Gasteiger partial charge in [0.05, 0.1) is 12.5 Å². The normalized spacial score (nSPS) is 17.3. The predicted molar refractivity (Wildman–Crippen MR) is 88.3 cm³/mol. The molecule has 1 aliphatic heterocycles. The summed E-state index contributed by atoms with van der Waals surface area (Å²) in [6.07, 6.45) is 5.60. The van der Waals surface area contributed by atoms with Crippen LogP contribution >= 0.6 is 24.8 Å². The standard InChI is InChI=1S/C14H17N5O.2ClH/c20-14(8-12-3-5-17-18-12)19-7-6-16-10-13(19)11-2-1-4-15-9-11;;/h1-5,9,13,16H,6-8,10H2,(H,17,18);2*1H. The van der Waals surface area contributed by atoms with Crippen LogP contribution < -0.4 is 5.32 Å². The molecule has 1 fully saturated rings. The van der Waals surface area contributed by atoms with E-state index in [9.17, 15) is 4.79 Å². The van der Waals surface area contributed by atoms with E-state index in [1.807, 2.05) is 29.3 Å². The molecule has 1 atom stereocenters. The summed E-state index contributed by atoms with van der Waals surface area (Å²) in [5.41, 5.74) is 1.91. The Morgan fingerprint density at radius 2 is 2.18 bits per heavy atom. The number of carbonyl (C=O) groups excluding carboxylic acids is 1. The summed E-state index contributed by atoms with van der Waals surface area (Å²) in [6.45, 7) is 2.30. The number of H-pyrrole nitrogens is 1. The highest BCUT2D eigenvalue weighted by Crippen LogP contribution is 2.22. The Morgan fingerprint density at radius 3 is 2.86 bits per heavy atom. The minimum absolute atomic E-state index is 0. The largest absolute Gasteiger partial charge is 0.333 e. The highest BCUT2D eigenvalue weighted by molar-refractivity contribution is 5.85. The molecule has 0 aromatic carbocycles. The van der Waals surface area contributed by atoms with Crippen molar-refractivity contribution >= 4 is 30.7 Å². The van der Waals surface area contributed by atoms with Crippen LogP contribution in [0.3, 0.4) is 0 Å². The van der Waals surface area contributed by atoms with Crippen LogP contribution in [-0.2, 0) is 11.2 Å². The van der Waals surface area contributed by atoms with Gasteiger partial charge in [-0.05, 0) is 17.7 Å². The van der Waals surface area contributed by atoms with E-state index < -0.39 is 0 Å². The fourth-order valence-electron chi connectivity index (χ4n) is 2.52. The summed E-state index contributed by atoms with van der Waals surface area (Å²) in [6, 6.07) is 5.80. The van der Waals surface area contributed by atoms with Crippen LogP contribution in [0, 0.1) is 0 Å². The Kier molecular flexibility index (Phi) is 7.31. The number of nitrogens with zero attached hydrogens (tertiary/aromatic N) is 3. The Morgan fingerprint density at radius 1 is 1.32 bits per heavy atom. The first kappa shape index (κ1) is 18.4. The molecule has 0 spiro atoms. The van der Waals surface area contributed by atoms with Crippen molar-refractivity contribution in [3.63, 3.8) is 0 Å². The molecule has 3 heterocycles. The van der Waals surface area contributed by atoms with Gasteiger partial charge in [0.25, 0.3) is 0 Å². The monoisotopic (exact) mass is 343 g/mol. The second kappa shape index (κ2) is 8.73. The van der Waals surface area contributed by atoms with Gasteiger partial charge in [0.1, 0.15) is 0 Å². The highest BCUT2D eigenvalue weighted by atomic mass is 35.5. The molecule has 22 heavy (non-hydrogen) atoms. The first-order valence-corrected chi connectivity index (χ1v) is 6.73. The first-order valence-electron chi connectivity index (χ1n) is 6.73. The van der Waals surface area contributed by atoms with Crippen molar-refractivity contribution in [1.29, 1.82) is 0 Å². The van der Waals surface area contributed by atoms with E-state index in [4.69, 9.17) is 0 Å². The number of nitrogens with one attached hydrogen (secondary N) is 2. The third kappa shape index (κ3) is 4.19. The summed E-state index contributed by atoms with van der Waals surface area (Å²) in [5, 5.41) is 10.1. The molecule has 6 nitrogen and oxygen atoms in total. The van der Waals surface area contributed by atoms with Gasteiger partial charge in [-0.2, -0.15) is 5.10 Å². The molecule has 1 unspecified atom stereocenters. The van der Waals surface area contributed by atoms with Crippen molar-refractivity contribution < 1.29 is 4.79 Å². The minimum Gasteiger partial charge on any atom is -0.333 e. The fraction of sp³-hybridized carbons (Fsp3) is 0.357. The predicted octanol–water partition coefficient (Wildman–Crippen LogP) is 1.36. The molecular formula is C14H19Cl2N5O.